The Hall–Kier alpha value is -0.570. The van der Waals surface area contributed by atoms with Crippen molar-refractivity contribution in [3.8, 4) is 0 Å². The largest absolute Gasteiger partial charge is 0.303 e. The zero-order chi connectivity index (χ0) is 20.7. The molecule has 1 aromatic carbocycles. The number of hydrogen-bond donors (Lipinski definition) is 1. The van der Waals surface area contributed by atoms with Crippen molar-refractivity contribution in [2.75, 3.05) is 0 Å². The van der Waals surface area contributed by atoms with Crippen LogP contribution in [0.4, 0.5) is 0 Å². The van der Waals surface area contributed by atoms with Crippen molar-refractivity contribution in [3.63, 3.8) is 0 Å². The second kappa shape index (κ2) is 5.38. The van der Waals surface area contributed by atoms with E-state index in [1.54, 1.807) is 0 Å². The van der Waals surface area contributed by atoms with Crippen LogP contribution in [0.15, 0.2) is 18.2 Å². The van der Waals surface area contributed by atoms with Crippen LogP contribution in [-0.4, -0.2) is 17.4 Å². The lowest BCUT2D eigenvalue weighted by molar-refractivity contribution is 0.0936. The quantitative estimate of drug-likeness (QED) is 0.851. The molecule has 0 aliphatic rings. The molecular formula is C13H17Cl2NO. The Bertz CT molecular complexity index is 625. The first-order valence-electron chi connectivity index (χ1n) is 9.22. The number of hydrogen-bond acceptors (Lipinski definition) is 2. The molecular weight excluding hydrogens is 257 g/mol. The molecule has 0 amide bonds. The van der Waals surface area contributed by atoms with Gasteiger partial charge in [-0.05, 0) is 45.7 Å². The van der Waals surface area contributed by atoms with Gasteiger partial charge in [-0.3, -0.25) is 4.79 Å². The molecule has 17 heavy (non-hydrogen) atoms. The Morgan fingerprint density at radius 3 is 2.29 bits per heavy atom. The molecule has 1 aromatic rings. The van der Waals surface area contributed by atoms with Gasteiger partial charge in [0.1, 0.15) is 0 Å². The van der Waals surface area contributed by atoms with Gasteiger partial charge in [-0.15, -0.1) is 0 Å². The van der Waals surface area contributed by atoms with Crippen LogP contribution < -0.4 is 5.32 Å². The van der Waals surface area contributed by atoms with E-state index in [0.29, 0.717) is 0 Å². The monoisotopic (exact) mass is 282 g/mol. The number of halogens is 2. The van der Waals surface area contributed by atoms with E-state index in [-0.39, 0.29) is 15.6 Å². The lowest BCUT2D eigenvalue weighted by Gasteiger charge is -2.25. The fourth-order valence-electron chi connectivity index (χ4n) is 1.34. The number of Topliss-reactive ketones (excluding diaryl/α,β-unsaturated/α-hetero) is 1. The topological polar surface area (TPSA) is 29.1 Å². The number of nitrogens with one attached hydrogen (secondary N) is 1. The van der Waals surface area contributed by atoms with E-state index < -0.39 is 37.9 Å². The minimum Gasteiger partial charge on any atom is -0.303 e. The number of carbonyl (C=O) groups is 1. The lowest BCUT2D eigenvalue weighted by atomic mass is 10.0. The van der Waals surface area contributed by atoms with E-state index in [0.717, 1.165) is 0 Å². The number of carbonyl (C=O) groups excluding carboxylic acids is 1. The van der Waals surface area contributed by atoms with Gasteiger partial charge in [0, 0.05) is 33.5 Å². The van der Waals surface area contributed by atoms with Crippen molar-refractivity contribution in [2.45, 2.75) is 39.1 Å². The summed E-state index contributed by atoms with van der Waals surface area (Å²) in [5, 5.41) is 2.35. The van der Waals surface area contributed by atoms with Crippen molar-refractivity contribution in [1.29, 1.82) is 0 Å². The van der Waals surface area contributed by atoms with Crippen LogP contribution in [0.25, 0.3) is 0 Å². The average Bonchev–Trinajstić information content (AvgIpc) is 2.38. The van der Waals surface area contributed by atoms with Crippen LogP contribution in [0.3, 0.4) is 0 Å². The van der Waals surface area contributed by atoms with Crippen molar-refractivity contribution >= 4 is 29.0 Å². The summed E-state index contributed by atoms with van der Waals surface area (Å²) in [6.07, 6.45) is 0. The molecule has 0 aromatic heterocycles. The first kappa shape index (κ1) is 6.05. The van der Waals surface area contributed by atoms with Crippen LogP contribution in [0, 0.1) is 0 Å². The van der Waals surface area contributed by atoms with Crippen LogP contribution in [0.5, 0.6) is 0 Å². The molecule has 0 radical (unpaired) electrons. The van der Waals surface area contributed by atoms with E-state index in [1.807, 2.05) is 0 Å². The highest BCUT2D eigenvalue weighted by molar-refractivity contribution is 6.35. The second-order valence-electron chi connectivity index (χ2n) is 3.64. The molecule has 0 fully saturated rings. The normalized spacial score (nSPS) is 23.6. The summed E-state index contributed by atoms with van der Waals surface area (Å²) in [7, 11) is 0. The van der Waals surface area contributed by atoms with Gasteiger partial charge in [0.05, 0.1) is 6.04 Å². The molecule has 0 spiro atoms. The molecule has 0 heterocycles. The Morgan fingerprint density at radius 2 is 1.82 bits per heavy atom. The maximum Gasteiger partial charge on any atom is 0.179 e. The fourth-order valence-corrected chi connectivity index (χ4v) is 1.86. The highest BCUT2D eigenvalue weighted by Gasteiger charge is 2.21. The predicted octanol–water partition coefficient (Wildman–Crippen LogP) is 3.95. The molecule has 1 N–H and O–H groups in total. The number of benzene rings is 1. The maximum atomic E-state index is 12.6. The molecule has 0 aliphatic heterocycles. The summed E-state index contributed by atoms with van der Waals surface area (Å²) >= 11 is 11.6. The summed E-state index contributed by atoms with van der Waals surface area (Å²) in [6, 6.07) is 2.44. The Morgan fingerprint density at radius 1 is 1.29 bits per heavy atom. The Balaban J connectivity index is 3.41. The predicted molar refractivity (Wildman–Crippen MR) is 73.1 cm³/mol. The first-order valence-corrected chi connectivity index (χ1v) is 5.47. The van der Waals surface area contributed by atoms with E-state index >= 15 is 0 Å². The molecule has 0 bridgehead atoms. The lowest BCUT2D eigenvalue weighted by Crippen LogP contribution is -2.46. The summed E-state index contributed by atoms with van der Waals surface area (Å²) in [6.45, 7) is -9.19. The smallest absolute Gasteiger partial charge is 0.179 e. The summed E-state index contributed by atoms with van der Waals surface area (Å²) in [4.78, 5) is 12.6. The van der Waals surface area contributed by atoms with Gasteiger partial charge in [0.15, 0.2) is 5.78 Å². The standard InChI is InChI=1S/C13H17Cl2NO/c1-8(16-13(2,3)4)12(17)9-5-10(14)7-11(15)6-9/h5-8,16H,1-4H3/i2D3,3D3,4D3. The van der Waals surface area contributed by atoms with Gasteiger partial charge in [0.25, 0.3) is 0 Å². The van der Waals surface area contributed by atoms with Crippen molar-refractivity contribution in [2.24, 2.45) is 0 Å². The molecule has 1 atom stereocenters. The first-order chi connectivity index (χ1) is 11.4. The van der Waals surface area contributed by atoms with Crippen LogP contribution in [0.2, 0.25) is 10.0 Å². The maximum absolute atomic E-state index is 12.6. The van der Waals surface area contributed by atoms with Crippen molar-refractivity contribution < 1.29 is 17.1 Å². The third kappa shape index (κ3) is 4.66. The van der Waals surface area contributed by atoms with Gasteiger partial charge in [-0.2, -0.15) is 0 Å². The van der Waals surface area contributed by atoms with Gasteiger partial charge in [-0.1, -0.05) is 23.2 Å². The summed E-state index contributed by atoms with van der Waals surface area (Å²) in [5.41, 5.74) is -3.32. The zero-order valence-electron chi connectivity index (χ0n) is 18.0. The minimum absolute atomic E-state index is 0.0157. The van der Waals surface area contributed by atoms with Crippen LogP contribution in [-0.2, 0) is 0 Å². The number of rotatable bonds is 3. The molecule has 1 unspecified atom stereocenters. The van der Waals surface area contributed by atoms with Crippen LogP contribution >= 0.6 is 23.2 Å². The summed E-state index contributed by atoms with van der Waals surface area (Å²) < 4.78 is 68.0. The molecule has 1 rings (SSSR count). The van der Waals surface area contributed by atoms with Crippen molar-refractivity contribution in [1.82, 2.24) is 5.32 Å². The second-order valence-corrected chi connectivity index (χ2v) is 4.51. The average molecular weight is 283 g/mol. The fraction of sp³-hybridized carbons (Fsp3) is 0.462. The molecule has 0 saturated carbocycles. The van der Waals surface area contributed by atoms with Gasteiger partial charge < -0.3 is 5.32 Å². The van der Waals surface area contributed by atoms with Gasteiger partial charge >= 0.3 is 0 Å². The van der Waals surface area contributed by atoms with E-state index in [4.69, 9.17) is 35.5 Å². The minimum atomic E-state index is -3.45. The van der Waals surface area contributed by atoms with E-state index in [1.165, 1.54) is 25.1 Å². The van der Waals surface area contributed by atoms with E-state index in [2.05, 4.69) is 5.32 Å². The van der Waals surface area contributed by atoms with Gasteiger partial charge in [-0.25, -0.2) is 0 Å². The Labute approximate surface area is 125 Å². The SMILES string of the molecule is [2H]C([2H])([2H])C(NC(C)C(=O)c1cc(Cl)cc(Cl)c1)(C([2H])([2H])[2H])C([2H])([2H])[2H]. The summed E-state index contributed by atoms with van der Waals surface area (Å²) in [5.74, 6) is -0.753. The van der Waals surface area contributed by atoms with Crippen LogP contribution in [0.1, 0.15) is 50.2 Å². The molecule has 94 valence electrons. The van der Waals surface area contributed by atoms with Crippen molar-refractivity contribution in [3.05, 3.63) is 33.8 Å². The van der Waals surface area contributed by atoms with Gasteiger partial charge in [0.2, 0.25) is 0 Å². The highest BCUT2D eigenvalue weighted by Crippen LogP contribution is 2.20. The molecule has 0 saturated heterocycles. The molecule has 2 nitrogen and oxygen atoms in total. The van der Waals surface area contributed by atoms with E-state index in [9.17, 15) is 4.79 Å². The highest BCUT2D eigenvalue weighted by atomic mass is 35.5. The third-order valence-corrected chi connectivity index (χ3v) is 2.41. The third-order valence-electron chi connectivity index (χ3n) is 1.97. The molecule has 0 aliphatic carbocycles. The molecule has 4 heteroatoms. The Kier molecular flexibility index (Phi) is 1.92. The zero-order valence-corrected chi connectivity index (χ0v) is 10.5. The number of ketones is 1.